The van der Waals surface area contributed by atoms with Crippen molar-refractivity contribution in [2.24, 2.45) is 0 Å². The third-order valence-corrected chi connectivity index (χ3v) is 5.84. The number of likely N-dealkylation sites (N-methyl/N-ethyl adjacent to an activating group) is 1. The summed E-state index contributed by atoms with van der Waals surface area (Å²) in [6, 6.07) is 15.9. The number of hydrogen-bond acceptors (Lipinski definition) is 5. The van der Waals surface area contributed by atoms with Crippen LogP contribution >= 0.6 is 0 Å². The molecule has 2 aromatic rings. The van der Waals surface area contributed by atoms with Crippen molar-refractivity contribution in [3.63, 3.8) is 0 Å². The topological polar surface area (TPSA) is 51.2 Å². The number of nitrogens with zero attached hydrogens (tertiary/aromatic N) is 1. The highest BCUT2D eigenvalue weighted by atomic mass is 16.5. The highest BCUT2D eigenvalue weighted by Gasteiger charge is 2.37. The summed E-state index contributed by atoms with van der Waals surface area (Å²) < 4.78 is 16.6. The molecule has 0 radical (unpaired) electrons. The molecule has 0 unspecified atom stereocenters. The molecule has 0 saturated heterocycles. The lowest BCUT2D eigenvalue weighted by molar-refractivity contribution is 0.0691. The van der Waals surface area contributed by atoms with Crippen LogP contribution in [-0.2, 0) is 5.41 Å². The van der Waals surface area contributed by atoms with E-state index in [-0.39, 0.29) is 12.0 Å². The monoisotopic (exact) mass is 399 g/mol. The lowest BCUT2D eigenvalue weighted by atomic mass is 9.78. The zero-order valence-corrected chi connectivity index (χ0v) is 17.8. The third kappa shape index (κ3) is 5.43. The molecule has 0 bridgehead atoms. The van der Waals surface area contributed by atoms with Crippen LogP contribution in [0.2, 0.25) is 0 Å². The Morgan fingerprint density at radius 3 is 2.34 bits per heavy atom. The Kier molecular flexibility index (Phi) is 7.40. The Bertz CT molecular complexity index is 759. The van der Waals surface area contributed by atoms with E-state index in [2.05, 4.69) is 24.1 Å². The van der Waals surface area contributed by atoms with Crippen LogP contribution in [0.15, 0.2) is 48.5 Å². The fraction of sp³-hybridized carbons (Fsp3) is 0.500. The fourth-order valence-electron chi connectivity index (χ4n) is 4.46. The van der Waals surface area contributed by atoms with Gasteiger partial charge in [-0.2, -0.15) is 0 Å². The Labute approximate surface area is 174 Å². The molecule has 5 heteroatoms. The number of benzene rings is 2. The summed E-state index contributed by atoms with van der Waals surface area (Å²) in [5.41, 5.74) is 1.36. The van der Waals surface area contributed by atoms with Gasteiger partial charge in [0.05, 0.1) is 14.2 Å². The van der Waals surface area contributed by atoms with Crippen LogP contribution in [0, 0.1) is 0 Å². The van der Waals surface area contributed by atoms with E-state index in [9.17, 15) is 5.11 Å². The van der Waals surface area contributed by atoms with E-state index in [0.717, 1.165) is 36.6 Å². The Morgan fingerprint density at radius 1 is 1.00 bits per heavy atom. The van der Waals surface area contributed by atoms with Gasteiger partial charge < -0.3 is 24.2 Å². The zero-order valence-electron chi connectivity index (χ0n) is 17.8. The van der Waals surface area contributed by atoms with Crippen molar-refractivity contribution >= 4 is 0 Å². The normalized spacial score (nSPS) is 16.6. The number of ether oxygens (including phenoxy) is 3. The van der Waals surface area contributed by atoms with E-state index in [1.807, 2.05) is 36.4 Å². The summed E-state index contributed by atoms with van der Waals surface area (Å²) in [4.78, 5) is 2.22. The first-order chi connectivity index (χ1) is 14.1. The summed E-state index contributed by atoms with van der Waals surface area (Å²) >= 11 is 0. The van der Waals surface area contributed by atoms with Crippen LogP contribution in [0.25, 0.3) is 0 Å². The molecule has 0 amide bonds. The van der Waals surface area contributed by atoms with Gasteiger partial charge in [0.2, 0.25) is 0 Å². The maximum absolute atomic E-state index is 10.5. The second-order valence-electron chi connectivity index (χ2n) is 8.03. The molecule has 5 nitrogen and oxygen atoms in total. The van der Waals surface area contributed by atoms with E-state index in [0.29, 0.717) is 6.54 Å². The standard InChI is InChI=1S/C24H33NO4/c1-25(16-20(26)17-29-21-9-5-4-6-10-21)18-24(13-7-8-14-24)19-11-12-22(27-2)23(15-19)28-3/h4-6,9-12,15,20,26H,7-8,13-14,16-18H2,1-3H3/t20-/m0/s1. The minimum atomic E-state index is -0.538. The first kappa shape index (κ1) is 21.5. The van der Waals surface area contributed by atoms with Gasteiger partial charge in [-0.3, -0.25) is 0 Å². The van der Waals surface area contributed by atoms with Crippen molar-refractivity contribution in [2.75, 3.05) is 41.0 Å². The molecule has 0 aliphatic heterocycles. The van der Waals surface area contributed by atoms with Crippen LogP contribution < -0.4 is 14.2 Å². The van der Waals surface area contributed by atoms with Crippen molar-refractivity contribution in [3.05, 3.63) is 54.1 Å². The van der Waals surface area contributed by atoms with Gasteiger partial charge in [-0.05, 0) is 49.7 Å². The first-order valence-corrected chi connectivity index (χ1v) is 10.3. The molecule has 158 valence electrons. The van der Waals surface area contributed by atoms with Gasteiger partial charge in [0.1, 0.15) is 18.5 Å². The molecule has 29 heavy (non-hydrogen) atoms. The minimum absolute atomic E-state index is 0.0777. The Hall–Kier alpha value is -2.24. The van der Waals surface area contributed by atoms with E-state index in [1.165, 1.54) is 18.4 Å². The summed E-state index contributed by atoms with van der Waals surface area (Å²) in [7, 11) is 5.42. The molecular formula is C24H33NO4. The molecule has 1 saturated carbocycles. The predicted molar refractivity (Wildman–Crippen MR) is 115 cm³/mol. The molecule has 3 rings (SSSR count). The van der Waals surface area contributed by atoms with Crippen molar-refractivity contribution < 1.29 is 19.3 Å². The van der Waals surface area contributed by atoms with Crippen molar-refractivity contribution in [2.45, 2.75) is 37.2 Å². The maximum Gasteiger partial charge on any atom is 0.161 e. The number of methoxy groups -OCH3 is 2. The highest BCUT2D eigenvalue weighted by molar-refractivity contribution is 5.45. The van der Waals surface area contributed by atoms with E-state index < -0.39 is 6.10 Å². The summed E-state index contributed by atoms with van der Waals surface area (Å²) in [6.45, 7) is 1.75. The first-order valence-electron chi connectivity index (χ1n) is 10.3. The molecule has 0 aromatic heterocycles. The average Bonchev–Trinajstić information content (AvgIpc) is 3.21. The second-order valence-corrected chi connectivity index (χ2v) is 8.03. The molecule has 1 atom stereocenters. The Morgan fingerprint density at radius 2 is 1.69 bits per heavy atom. The largest absolute Gasteiger partial charge is 0.493 e. The number of rotatable bonds is 10. The maximum atomic E-state index is 10.5. The van der Waals surface area contributed by atoms with Crippen LogP contribution in [0.5, 0.6) is 17.2 Å². The van der Waals surface area contributed by atoms with Crippen molar-refractivity contribution in [1.82, 2.24) is 4.90 Å². The third-order valence-electron chi connectivity index (χ3n) is 5.84. The molecule has 2 aromatic carbocycles. The van der Waals surface area contributed by atoms with Gasteiger partial charge in [0.25, 0.3) is 0 Å². The molecule has 1 aliphatic rings. The second kappa shape index (κ2) is 9.99. The van der Waals surface area contributed by atoms with Crippen LogP contribution in [0.4, 0.5) is 0 Å². The summed E-state index contributed by atoms with van der Waals surface area (Å²) in [5.74, 6) is 2.31. The number of hydrogen-bond donors (Lipinski definition) is 1. The van der Waals surface area contributed by atoms with Gasteiger partial charge in [0, 0.05) is 18.5 Å². The molecule has 1 fully saturated rings. The summed E-state index contributed by atoms with van der Waals surface area (Å²) in [5, 5.41) is 10.5. The van der Waals surface area contributed by atoms with Gasteiger partial charge >= 0.3 is 0 Å². The molecule has 0 spiro atoms. The molecule has 1 N–H and O–H groups in total. The van der Waals surface area contributed by atoms with Gasteiger partial charge in [-0.1, -0.05) is 37.1 Å². The van der Waals surface area contributed by atoms with E-state index in [4.69, 9.17) is 14.2 Å². The van der Waals surface area contributed by atoms with Crippen LogP contribution in [-0.4, -0.2) is 57.1 Å². The molecular weight excluding hydrogens is 366 g/mol. The smallest absolute Gasteiger partial charge is 0.161 e. The van der Waals surface area contributed by atoms with Crippen molar-refractivity contribution in [3.8, 4) is 17.2 Å². The fourth-order valence-corrected chi connectivity index (χ4v) is 4.46. The number of aliphatic hydroxyl groups excluding tert-OH is 1. The lowest BCUT2D eigenvalue weighted by Gasteiger charge is -2.35. The van der Waals surface area contributed by atoms with Gasteiger partial charge in [-0.15, -0.1) is 0 Å². The van der Waals surface area contributed by atoms with Gasteiger partial charge in [0.15, 0.2) is 11.5 Å². The van der Waals surface area contributed by atoms with Crippen molar-refractivity contribution in [1.29, 1.82) is 0 Å². The lowest BCUT2D eigenvalue weighted by Crippen LogP contribution is -2.41. The number of para-hydroxylation sites is 1. The minimum Gasteiger partial charge on any atom is -0.493 e. The Balaban J connectivity index is 1.63. The van der Waals surface area contributed by atoms with Crippen LogP contribution in [0.1, 0.15) is 31.2 Å². The highest BCUT2D eigenvalue weighted by Crippen LogP contribution is 2.44. The van der Waals surface area contributed by atoms with Gasteiger partial charge in [-0.25, -0.2) is 0 Å². The predicted octanol–water partition coefficient (Wildman–Crippen LogP) is 3.89. The van der Waals surface area contributed by atoms with E-state index >= 15 is 0 Å². The number of aliphatic hydroxyl groups is 1. The van der Waals surface area contributed by atoms with Crippen LogP contribution in [0.3, 0.4) is 0 Å². The molecule has 1 aliphatic carbocycles. The quantitative estimate of drug-likeness (QED) is 0.657. The average molecular weight is 400 g/mol. The summed E-state index contributed by atoms with van der Waals surface area (Å²) in [6.07, 6.45) is 4.19. The zero-order chi connectivity index (χ0) is 20.7. The van der Waals surface area contributed by atoms with E-state index in [1.54, 1.807) is 14.2 Å². The molecule has 0 heterocycles. The SMILES string of the molecule is COc1ccc(C2(CN(C)C[C@H](O)COc3ccccc3)CCCC2)cc1OC.